The molecule has 25 heavy (non-hydrogen) atoms. The summed E-state index contributed by atoms with van der Waals surface area (Å²) >= 11 is 1.02. The lowest BCUT2D eigenvalue weighted by atomic mass is 10.1. The van der Waals surface area contributed by atoms with E-state index in [1.54, 1.807) is 18.2 Å². The summed E-state index contributed by atoms with van der Waals surface area (Å²) in [6.45, 7) is 4.66. The van der Waals surface area contributed by atoms with Gasteiger partial charge in [-0.3, -0.25) is 0 Å². The van der Waals surface area contributed by atoms with E-state index in [2.05, 4.69) is 8.75 Å². The molecular formula is C17H17N3O3S2. The largest absolute Gasteiger partial charge is 0.487 e. The van der Waals surface area contributed by atoms with Gasteiger partial charge in [0.2, 0.25) is 10.0 Å². The van der Waals surface area contributed by atoms with Crippen molar-refractivity contribution in [3.63, 3.8) is 0 Å². The Balaban J connectivity index is 1.53. The monoisotopic (exact) mass is 375 g/mol. The van der Waals surface area contributed by atoms with E-state index in [1.165, 1.54) is 4.31 Å². The number of para-hydroxylation sites is 1. The van der Waals surface area contributed by atoms with Crippen LogP contribution in [-0.2, 0) is 10.0 Å². The molecule has 3 aromatic rings. The molecule has 1 aliphatic heterocycles. The number of aryl methyl sites for hydroxylation is 2. The average Bonchev–Trinajstić information content (AvgIpc) is 3.00. The maximum absolute atomic E-state index is 12.9. The molecule has 0 atom stereocenters. The van der Waals surface area contributed by atoms with E-state index in [-0.39, 0.29) is 11.0 Å². The maximum Gasteiger partial charge on any atom is 0.245 e. The summed E-state index contributed by atoms with van der Waals surface area (Å²) in [5.41, 5.74) is 3.15. The van der Waals surface area contributed by atoms with E-state index >= 15 is 0 Å². The summed E-state index contributed by atoms with van der Waals surface area (Å²) in [5.74, 6) is 0.843. The summed E-state index contributed by atoms with van der Waals surface area (Å²) in [6.07, 6.45) is -0.137. The summed E-state index contributed by atoms with van der Waals surface area (Å²) < 4.78 is 41.4. The van der Waals surface area contributed by atoms with Crippen molar-refractivity contribution in [3.05, 3.63) is 47.5 Å². The summed E-state index contributed by atoms with van der Waals surface area (Å²) in [7, 11) is -3.59. The number of aromatic nitrogens is 2. The molecule has 2 aromatic carbocycles. The number of hydrogen-bond donors (Lipinski definition) is 0. The fraction of sp³-hybridized carbons (Fsp3) is 0.294. The van der Waals surface area contributed by atoms with E-state index < -0.39 is 10.0 Å². The van der Waals surface area contributed by atoms with Crippen LogP contribution in [0.2, 0.25) is 0 Å². The van der Waals surface area contributed by atoms with Crippen LogP contribution in [0.1, 0.15) is 11.1 Å². The fourth-order valence-corrected chi connectivity index (χ4v) is 5.21. The highest BCUT2D eigenvalue weighted by Gasteiger charge is 2.39. The molecule has 130 valence electrons. The topological polar surface area (TPSA) is 72.4 Å². The van der Waals surface area contributed by atoms with E-state index in [9.17, 15) is 8.42 Å². The molecule has 2 heterocycles. The third-order valence-corrected chi connectivity index (χ3v) is 6.78. The first-order valence-electron chi connectivity index (χ1n) is 7.91. The Kier molecular flexibility index (Phi) is 3.98. The minimum Gasteiger partial charge on any atom is -0.487 e. The van der Waals surface area contributed by atoms with Gasteiger partial charge < -0.3 is 4.74 Å². The van der Waals surface area contributed by atoms with Gasteiger partial charge in [0.1, 0.15) is 27.8 Å². The van der Waals surface area contributed by atoms with Crippen LogP contribution in [0, 0.1) is 13.8 Å². The number of nitrogens with zero attached hydrogens (tertiary/aromatic N) is 3. The lowest BCUT2D eigenvalue weighted by Gasteiger charge is -2.38. The van der Waals surface area contributed by atoms with Crippen LogP contribution >= 0.6 is 11.7 Å². The molecule has 0 spiro atoms. The number of rotatable bonds is 4. The van der Waals surface area contributed by atoms with Gasteiger partial charge >= 0.3 is 0 Å². The lowest BCUT2D eigenvalue weighted by molar-refractivity contribution is 0.0750. The zero-order chi connectivity index (χ0) is 17.6. The lowest BCUT2D eigenvalue weighted by Crippen LogP contribution is -2.56. The van der Waals surface area contributed by atoms with Crippen molar-refractivity contribution >= 4 is 32.8 Å². The van der Waals surface area contributed by atoms with Crippen LogP contribution in [0.3, 0.4) is 0 Å². The predicted molar refractivity (Wildman–Crippen MR) is 96.5 cm³/mol. The van der Waals surface area contributed by atoms with Gasteiger partial charge in [0.15, 0.2) is 0 Å². The first-order valence-corrected chi connectivity index (χ1v) is 10.1. The standard InChI is InChI=1S/C17H17N3O3S2/c1-11-5-3-6-12(2)17(11)23-13-9-20(10-13)25(21,22)15-8-4-7-14-16(15)19-24-18-14/h3-8,13H,9-10H2,1-2H3. The maximum atomic E-state index is 12.9. The average molecular weight is 375 g/mol. The summed E-state index contributed by atoms with van der Waals surface area (Å²) in [4.78, 5) is 0.212. The predicted octanol–water partition coefficient (Wildman–Crippen LogP) is 2.76. The molecule has 0 N–H and O–H groups in total. The van der Waals surface area contributed by atoms with Crippen molar-refractivity contribution in [3.8, 4) is 5.75 Å². The molecule has 6 nitrogen and oxygen atoms in total. The van der Waals surface area contributed by atoms with Crippen molar-refractivity contribution in [2.75, 3.05) is 13.1 Å². The highest BCUT2D eigenvalue weighted by atomic mass is 32.2. The van der Waals surface area contributed by atoms with Gasteiger partial charge in [0.05, 0.1) is 24.8 Å². The smallest absolute Gasteiger partial charge is 0.245 e. The Labute approximate surface area is 150 Å². The van der Waals surface area contributed by atoms with E-state index in [0.29, 0.717) is 24.1 Å². The Bertz CT molecular complexity index is 1020. The molecule has 0 saturated carbocycles. The molecule has 1 saturated heterocycles. The zero-order valence-electron chi connectivity index (χ0n) is 13.8. The minimum absolute atomic E-state index is 0.137. The van der Waals surface area contributed by atoms with Crippen LogP contribution in [0.5, 0.6) is 5.75 Å². The van der Waals surface area contributed by atoms with Crippen LogP contribution in [0.15, 0.2) is 41.3 Å². The Morgan fingerprint density at radius 1 is 1.08 bits per heavy atom. The van der Waals surface area contributed by atoms with Gasteiger partial charge in [-0.2, -0.15) is 13.1 Å². The molecule has 0 bridgehead atoms. The van der Waals surface area contributed by atoms with E-state index in [4.69, 9.17) is 4.74 Å². The summed E-state index contributed by atoms with van der Waals surface area (Å²) in [5, 5.41) is 0. The molecule has 0 unspecified atom stereocenters. The number of ether oxygens (including phenoxy) is 1. The molecule has 8 heteroatoms. The minimum atomic E-state index is -3.59. The van der Waals surface area contributed by atoms with E-state index in [1.807, 2.05) is 32.0 Å². The Morgan fingerprint density at radius 3 is 2.48 bits per heavy atom. The third kappa shape index (κ3) is 2.80. The zero-order valence-corrected chi connectivity index (χ0v) is 15.5. The van der Waals surface area contributed by atoms with Crippen molar-refractivity contribution in [1.29, 1.82) is 0 Å². The number of hydrogen-bond acceptors (Lipinski definition) is 6. The number of fused-ring (bicyclic) bond motifs is 1. The van der Waals surface area contributed by atoms with Crippen molar-refractivity contribution in [2.45, 2.75) is 24.8 Å². The highest BCUT2D eigenvalue weighted by molar-refractivity contribution is 7.89. The Hall–Kier alpha value is -2.03. The summed E-state index contributed by atoms with van der Waals surface area (Å²) in [6, 6.07) is 11.0. The van der Waals surface area contributed by atoms with Crippen molar-refractivity contribution < 1.29 is 13.2 Å². The second-order valence-electron chi connectivity index (χ2n) is 6.17. The normalized spacial score (nSPS) is 16.1. The van der Waals surface area contributed by atoms with Gasteiger partial charge in [-0.15, -0.1) is 0 Å². The van der Waals surface area contributed by atoms with Gasteiger partial charge in [-0.05, 0) is 37.1 Å². The van der Waals surface area contributed by atoms with Gasteiger partial charge in [-0.25, -0.2) is 8.42 Å². The number of sulfonamides is 1. The molecular weight excluding hydrogens is 358 g/mol. The fourth-order valence-electron chi connectivity index (χ4n) is 2.95. The van der Waals surface area contributed by atoms with Crippen LogP contribution in [0.4, 0.5) is 0 Å². The molecule has 0 radical (unpaired) electrons. The van der Waals surface area contributed by atoms with Gasteiger partial charge in [0, 0.05) is 0 Å². The Morgan fingerprint density at radius 2 is 1.76 bits per heavy atom. The van der Waals surface area contributed by atoms with Gasteiger partial charge in [0.25, 0.3) is 0 Å². The second kappa shape index (κ2) is 6.05. The SMILES string of the molecule is Cc1cccc(C)c1OC1CN(S(=O)(=O)c2cccc3nsnc23)C1. The second-order valence-corrected chi connectivity index (χ2v) is 8.61. The molecule has 4 rings (SSSR count). The van der Waals surface area contributed by atoms with Crippen LogP contribution in [-0.4, -0.2) is 40.7 Å². The van der Waals surface area contributed by atoms with E-state index in [0.717, 1.165) is 28.6 Å². The molecule has 0 amide bonds. The number of benzene rings is 2. The van der Waals surface area contributed by atoms with Crippen LogP contribution in [0.25, 0.3) is 11.0 Å². The van der Waals surface area contributed by atoms with Crippen molar-refractivity contribution in [1.82, 2.24) is 13.1 Å². The van der Waals surface area contributed by atoms with Crippen LogP contribution < -0.4 is 4.74 Å². The van der Waals surface area contributed by atoms with Crippen molar-refractivity contribution in [2.24, 2.45) is 0 Å². The highest BCUT2D eigenvalue weighted by Crippen LogP contribution is 2.30. The third-order valence-electron chi connectivity index (χ3n) is 4.37. The first kappa shape index (κ1) is 16.4. The quantitative estimate of drug-likeness (QED) is 0.701. The molecule has 1 aliphatic rings. The molecule has 1 fully saturated rings. The molecule has 1 aromatic heterocycles. The first-order chi connectivity index (χ1) is 12.0. The molecule has 0 aliphatic carbocycles. The van der Waals surface area contributed by atoms with Gasteiger partial charge in [-0.1, -0.05) is 24.3 Å².